The highest BCUT2D eigenvalue weighted by atomic mass is 32.1. The summed E-state index contributed by atoms with van der Waals surface area (Å²) < 4.78 is 10.9. The maximum absolute atomic E-state index is 13.8. The average molecular weight is 423 g/mol. The summed E-state index contributed by atoms with van der Waals surface area (Å²) in [6.45, 7) is 1.17. The van der Waals surface area contributed by atoms with E-state index in [0.29, 0.717) is 41.0 Å². The minimum Gasteiger partial charge on any atom is -0.497 e. The number of carbonyl (C=O) groups excluding carboxylic acids is 1. The van der Waals surface area contributed by atoms with Crippen LogP contribution in [0.15, 0.2) is 42.5 Å². The second-order valence-electron chi connectivity index (χ2n) is 7.60. The molecule has 7 nitrogen and oxygen atoms in total. The molecular formula is C22H22N4O3S. The molecule has 0 saturated carbocycles. The predicted octanol–water partition coefficient (Wildman–Crippen LogP) is 2.26. The number of nitriles is 1. The lowest BCUT2D eigenvalue weighted by Crippen LogP contribution is -2.52. The van der Waals surface area contributed by atoms with E-state index in [0.717, 1.165) is 5.56 Å². The van der Waals surface area contributed by atoms with E-state index >= 15 is 0 Å². The summed E-state index contributed by atoms with van der Waals surface area (Å²) in [6.07, 6.45) is 0. The second-order valence-corrected chi connectivity index (χ2v) is 7.99. The fraction of sp³-hybridized carbons (Fsp3) is 0.318. The van der Waals surface area contributed by atoms with Gasteiger partial charge in [-0.15, -0.1) is 0 Å². The molecule has 1 N–H and O–H groups in total. The van der Waals surface area contributed by atoms with Gasteiger partial charge in [-0.1, -0.05) is 6.07 Å². The number of methoxy groups -OCH3 is 2. The monoisotopic (exact) mass is 422 g/mol. The van der Waals surface area contributed by atoms with Crippen LogP contribution in [0.3, 0.4) is 0 Å². The Bertz CT molecular complexity index is 1040. The van der Waals surface area contributed by atoms with Gasteiger partial charge in [-0.25, -0.2) is 0 Å². The van der Waals surface area contributed by atoms with Crippen LogP contribution in [0, 0.1) is 11.3 Å². The van der Waals surface area contributed by atoms with Crippen molar-refractivity contribution in [3.8, 4) is 17.6 Å². The van der Waals surface area contributed by atoms with Gasteiger partial charge in [0.05, 0.1) is 31.5 Å². The number of thiocarbonyl (C=S) groups is 1. The third kappa shape index (κ3) is 3.16. The van der Waals surface area contributed by atoms with Crippen molar-refractivity contribution in [2.75, 3.05) is 39.3 Å². The normalized spacial score (nSPS) is 23.5. The lowest BCUT2D eigenvalue weighted by Gasteiger charge is -2.29. The molecule has 2 saturated heterocycles. The zero-order valence-corrected chi connectivity index (χ0v) is 17.8. The molecule has 2 heterocycles. The van der Waals surface area contributed by atoms with Crippen LogP contribution in [0.25, 0.3) is 0 Å². The molecule has 4 rings (SSSR count). The lowest BCUT2D eigenvalue weighted by molar-refractivity contribution is -0.122. The topological polar surface area (TPSA) is 77.8 Å². The van der Waals surface area contributed by atoms with Crippen LogP contribution in [-0.4, -0.2) is 55.8 Å². The molecule has 0 unspecified atom stereocenters. The third-order valence-electron chi connectivity index (χ3n) is 5.74. The van der Waals surface area contributed by atoms with Crippen LogP contribution in [0.2, 0.25) is 0 Å². The van der Waals surface area contributed by atoms with Crippen LogP contribution in [0.1, 0.15) is 17.0 Å². The summed E-state index contributed by atoms with van der Waals surface area (Å²) in [5.41, 5.74) is 1.09. The molecule has 2 aromatic carbocycles. The van der Waals surface area contributed by atoms with Crippen molar-refractivity contribution in [3.05, 3.63) is 53.6 Å². The summed E-state index contributed by atoms with van der Waals surface area (Å²) in [7, 11) is 5.19. The lowest BCUT2D eigenvalue weighted by atomic mass is 9.81. The molecule has 30 heavy (non-hydrogen) atoms. The standard InChI is InChI=1S/C22H22N4O3S/c1-25-12-19(15-8-17(28-2)10-18(9-15)29-3)22(13-25)20(27)26(21(30)24-22)16-6-4-5-14(7-16)11-23/h4-10,19H,12-13H2,1-3H3,(H,24,30)/t19-,22+/m1/s1. The van der Waals surface area contributed by atoms with E-state index in [1.165, 1.54) is 4.90 Å². The number of ether oxygens (including phenoxy) is 2. The van der Waals surface area contributed by atoms with Gasteiger partial charge in [-0.2, -0.15) is 5.26 Å². The molecule has 1 spiro atoms. The third-order valence-corrected chi connectivity index (χ3v) is 6.02. The zero-order valence-electron chi connectivity index (χ0n) is 17.0. The summed E-state index contributed by atoms with van der Waals surface area (Å²) in [6, 6.07) is 14.7. The number of likely N-dealkylation sites (N-methyl/N-ethyl adjacent to an activating group) is 1. The first-order valence-electron chi connectivity index (χ1n) is 9.50. The van der Waals surface area contributed by atoms with E-state index in [2.05, 4.69) is 16.3 Å². The zero-order chi connectivity index (χ0) is 21.5. The fourth-order valence-electron chi connectivity index (χ4n) is 4.37. The van der Waals surface area contributed by atoms with Gasteiger partial charge in [0.15, 0.2) is 5.11 Å². The van der Waals surface area contributed by atoms with E-state index in [-0.39, 0.29) is 11.8 Å². The number of amides is 1. The number of rotatable bonds is 4. The second kappa shape index (κ2) is 7.59. The predicted molar refractivity (Wildman–Crippen MR) is 117 cm³/mol. The first-order chi connectivity index (χ1) is 14.4. The Kier molecular flexibility index (Phi) is 5.10. The summed E-state index contributed by atoms with van der Waals surface area (Å²) in [5, 5.41) is 12.9. The molecule has 8 heteroatoms. The minimum atomic E-state index is -0.911. The number of likely N-dealkylation sites (tertiary alicyclic amines) is 1. The maximum Gasteiger partial charge on any atom is 0.261 e. The van der Waals surface area contributed by atoms with Crippen LogP contribution < -0.4 is 19.7 Å². The van der Waals surface area contributed by atoms with Crippen molar-refractivity contribution in [3.63, 3.8) is 0 Å². The van der Waals surface area contributed by atoms with Gasteiger partial charge >= 0.3 is 0 Å². The highest BCUT2D eigenvalue weighted by Gasteiger charge is 2.59. The van der Waals surface area contributed by atoms with Gasteiger partial charge in [-0.3, -0.25) is 9.69 Å². The van der Waals surface area contributed by atoms with Crippen molar-refractivity contribution < 1.29 is 14.3 Å². The number of hydrogen-bond donors (Lipinski definition) is 1. The number of anilines is 1. The number of benzene rings is 2. The Morgan fingerprint density at radius 2 is 1.90 bits per heavy atom. The molecule has 0 bridgehead atoms. The molecular weight excluding hydrogens is 400 g/mol. The number of carbonyl (C=O) groups is 1. The van der Waals surface area contributed by atoms with Crippen molar-refractivity contribution in [2.45, 2.75) is 11.5 Å². The Labute approximate surface area is 180 Å². The molecule has 2 atom stereocenters. The quantitative estimate of drug-likeness (QED) is 0.758. The van der Waals surface area contributed by atoms with Crippen LogP contribution in [-0.2, 0) is 4.79 Å². The van der Waals surface area contributed by atoms with Crippen molar-refractivity contribution >= 4 is 28.9 Å². The smallest absolute Gasteiger partial charge is 0.261 e. The van der Waals surface area contributed by atoms with Gasteiger partial charge in [-0.05, 0) is 55.2 Å². The van der Waals surface area contributed by atoms with Crippen molar-refractivity contribution in [2.24, 2.45) is 0 Å². The molecule has 2 fully saturated rings. The Morgan fingerprint density at radius 1 is 1.20 bits per heavy atom. The first kappa shape index (κ1) is 20.1. The Morgan fingerprint density at radius 3 is 2.53 bits per heavy atom. The summed E-state index contributed by atoms with van der Waals surface area (Å²) >= 11 is 5.57. The molecule has 2 aromatic rings. The summed E-state index contributed by atoms with van der Waals surface area (Å²) in [4.78, 5) is 17.4. The van der Waals surface area contributed by atoms with E-state index in [9.17, 15) is 10.1 Å². The van der Waals surface area contributed by atoms with Gasteiger partial charge in [0.1, 0.15) is 17.0 Å². The highest BCUT2D eigenvalue weighted by Crippen LogP contribution is 2.43. The van der Waals surface area contributed by atoms with Gasteiger partial charge in [0, 0.05) is 25.1 Å². The molecule has 0 aliphatic carbocycles. The number of hydrogen-bond acceptors (Lipinski definition) is 6. The van der Waals surface area contributed by atoms with Gasteiger partial charge < -0.3 is 19.7 Å². The average Bonchev–Trinajstić information content (AvgIpc) is 3.22. The van der Waals surface area contributed by atoms with Crippen LogP contribution >= 0.6 is 12.2 Å². The number of nitrogens with one attached hydrogen (secondary N) is 1. The largest absolute Gasteiger partial charge is 0.497 e. The maximum atomic E-state index is 13.8. The molecule has 2 aliphatic rings. The SMILES string of the molecule is COc1cc(OC)cc([C@H]2CN(C)C[C@]23NC(=S)N(c2cccc(C#N)c2)C3=O)c1. The minimum absolute atomic E-state index is 0.126. The van der Waals surface area contributed by atoms with Crippen LogP contribution in [0.5, 0.6) is 11.5 Å². The van der Waals surface area contributed by atoms with Gasteiger partial charge in [0.2, 0.25) is 0 Å². The number of nitrogens with zero attached hydrogens (tertiary/aromatic N) is 3. The van der Waals surface area contributed by atoms with Crippen molar-refractivity contribution in [1.29, 1.82) is 5.26 Å². The van der Waals surface area contributed by atoms with E-state index in [4.69, 9.17) is 21.7 Å². The molecule has 154 valence electrons. The highest BCUT2D eigenvalue weighted by molar-refractivity contribution is 7.80. The van der Waals surface area contributed by atoms with E-state index in [1.54, 1.807) is 38.5 Å². The molecule has 0 radical (unpaired) electrons. The van der Waals surface area contributed by atoms with Crippen LogP contribution in [0.4, 0.5) is 5.69 Å². The van der Waals surface area contributed by atoms with Crippen molar-refractivity contribution in [1.82, 2.24) is 10.2 Å². The summed E-state index contributed by atoms with van der Waals surface area (Å²) in [5.74, 6) is 1.04. The molecule has 0 aromatic heterocycles. The van der Waals surface area contributed by atoms with E-state index in [1.807, 2.05) is 25.2 Å². The molecule has 2 aliphatic heterocycles. The Balaban J connectivity index is 1.78. The van der Waals surface area contributed by atoms with E-state index < -0.39 is 5.54 Å². The molecule has 1 amide bonds. The Hall–Kier alpha value is -3.15. The first-order valence-corrected chi connectivity index (χ1v) is 9.91. The fourth-order valence-corrected chi connectivity index (χ4v) is 4.74. The van der Waals surface area contributed by atoms with Gasteiger partial charge in [0.25, 0.3) is 5.91 Å².